The maximum absolute atomic E-state index is 10.8. The molecule has 0 saturated carbocycles. The minimum Gasteiger partial charge on any atom is -0.477 e. The lowest BCUT2D eigenvalue weighted by Crippen LogP contribution is -2.01. The number of aromatic carboxylic acids is 1. The fourth-order valence-corrected chi connectivity index (χ4v) is 1.89. The third-order valence-electron chi connectivity index (χ3n) is 1.84. The van der Waals surface area contributed by atoms with E-state index in [1.165, 1.54) is 0 Å². The Morgan fingerprint density at radius 3 is 2.92 bits per heavy atom. The summed E-state index contributed by atoms with van der Waals surface area (Å²) in [5, 5.41) is 8.90. The van der Waals surface area contributed by atoms with E-state index in [1.54, 1.807) is 22.7 Å². The van der Waals surface area contributed by atoms with Crippen LogP contribution < -0.4 is 0 Å². The molecule has 0 unspecified atom stereocenters. The van der Waals surface area contributed by atoms with Crippen molar-refractivity contribution in [3.05, 3.63) is 40.6 Å². The van der Waals surface area contributed by atoms with Crippen LogP contribution >= 0.6 is 15.9 Å². The Bertz CT molecular complexity index is 475. The van der Waals surface area contributed by atoms with Crippen LogP contribution in [0.2, 0.25) is 0 Å². The molecule has 1 N–H and O–H groups in total. The molecule has 2 aromatic rings. The smallest absolute Gasteiger partial charge is 0.354 e. The molecule has 0 spiro atoms. The maximum atomic E-state index is 10.8. The minimum atomic E-state index is -0.932. The normalized spacial score (nSPS) is 10.5. The predicted molar refractivity (Wildman–Crippen MR) is 52.1 cm³/mol. The van der Waals surface area contributed by atoms with Crippen LogP contribution in [0.3, 0.4) is 0 Å². The van der Waals surface area contributed by atoms with Crippen LogP contribution in [0.15, 0.2) is 34.9 Å². The van der Waals surface area contributed by atoms with Crippen molar-refractivity contribution >= 4 is 27.4 Å². The third-order valence-corrected chi connectivity index (χ3v) is 2.44. The van der Waals surface area contributed by atoms with Gasteiger partial charge in [-0.3, -0.25) is 0 Å². The fraction of sp³-hybridized carbons (Fsp3) is 0. The molecule has 3 nitrogen and oxygen atoms in total. The number of carbonyl (C=O) groups is 1. The molecule has 0 saturated heterocycles. The van der Waals surface area contributed by atoms with Crippen molar-refractivity contribution in [2.45, 2.75) is 0 Å². The van der Waals surface area contributed by atoms with Crippen LogP contribution in [0, 0.1) is 0 Å². The summed E-state index contributed by atoms with van der Waals surface area (Å²) in [4.78, 5) is 10.8. The first-order valence-electron chi connectivity index (χ1n) is 3.69. The minimum absolute atomic E-state index is 0.260. The predicted octanol–water partition coefficient (Wildman–Crippen LogP) is 2.40. The van der Waals surface area contributed by atoms with Gasteiger partial charge in [0.15, 0.2) is 0 Å². The lowest BCUT2D eigenvalue weighted by molar-refractivity contribution is 0.0688. The van der Waals surface area contributed by atoms with Crippen LogP contribution in [0.25, 0.3) is 5.52 Å². The maximum Gasteiger partial charge on any atom is 0.354 e. The number of fused-ring (bicyclic) bond motifs is 1. The Balaban J connectivity index is 2.86. The first kappa shape index (κ1) is 8.31. The van der Waals surface area contributed by atoms with Crippen molar-refractivity contribution in [1.82, 2.24) is 4.40 Å². The highest BCUT2D eigenvalue weighted by molar-refractivity contribution is 9.10. The average molecular weight is 240 g/mol. The number of rotatable bonds is 1. The van der Waals surface area contributed by atoms with Crippen molar-refractivity contribution in [2.75, 3.05) is 0 Å². The second kappa shape index (κ2) is 2.88. The molecule has 0 aliphatic carbocycles. The number of aromatic nitrogens is 1. The molecular weight excluding hydrogens is 234 g/mol. The summed E-state index contributed by atoms with van der Waals surface area (Å²) >= 11 is 3.21. The lowest BCUT2D eigenvalue weighted by Gasteiger charge is -1.96. The Kier molecular flexibility index (Phi) is 1.84. The number of hydrogen-bond donors (Lipinski definition) is 1. The highest BCUT2D eigenvalue weighted by Crippen LogP contribution is 2.21. The molecule has 0 amide bonds. The van der Waals surface area contributed by atoms with Gasteiger partial charge < -0.3 is 9.51 Å². The molecule has 2 rings (SSSR count). The molecule has 4 heteroatoms. The Morgan fingerprint density at radius 1 is 1.46 bits per heavy atom. The van der Waals surface area contributed by atoms with Gasteiger partial charge in [-0.25, -0.2) is 4.79 Å². The van der Waals surface area contributed by atoms with Gasteiger partial charge in [-0.1, -0.05) is 6.07 Å². The Labute approximate surface area is 82.7 Å². The van der Waals surface area contributed by atoms with Gasteiger partial charge in [0.05, 0.1) is 4.47 Å². The average Bonchev–Trinajstić information content (AvgIpc) is 2.39. The Hall–Kier alpha value is -1.29. The van der Waals surface area contributed by atoms with Crippen LogP contribution in [-0.4, -0.2) is 15.5 Å². The standard InChI is InChI=1S/C9H6BrNO2/c10-7-5-6-3-1-2-4-11(6)8(7)9(12)13/h1-5H,(H,12,13). The zero-order chi connectivity index (χ0) is 9.42. The van der Waals surface area contributed by atoms with Crippen molar-refractivity contribution in [3.8, 4) is 0 Å². The fourth-order valence-electron chi connectivity index (χ4n) is 1.30. The van der Waals surface area contributed by atoms with E-state index in [2.05, 4.69) is 15.9 Å². The molecule has 2 aromatic heterocycles. The van der Waals surface area contributed by atoms with Crippen molar-refractivity contribution in [2.24, 2.45) is 0 Å². The van der Waals surface area contributed by atoms with E-state index < -0.39 is 5.97 Å². The number of nitrogens with zero attached hydrogens (tertiary/aromatic N) is 1. The molecule has 0 aliphatic rings. The number of carboxylic acids is 1. The summed E-state index contributed by atoms with van der Waals surface area (Å²) < 4.78 is 2.23. The number of hydrogen-bond acceptors (Lipinski definition) is 1. The summed E-state index contributed by atoms with van der Waals surface area (Å²) in [6.07, 6.45) is 1.73. The molecule has 0 bridgehead atoms. The molecule has 0 atom stereocenters. The molecule has 0 fully saturated rings. The topological polar surface area (TPSA) is 41.7 Å². The van der Waals surface area contributed by atoms with E-state index in [-0.39, 0.29) is 5.69 Å². The zero-order valence-corrected chi connectivity index (χ0v) is 8.15. The van der Waals surface area contributed by atoms with Gasteiger partial charge in [0.25, 0.3) is 0 Å². The van der Waals surface area contributed by atoms with Gasteiger partial charge in [0.1, 0.15) is 5.69 Å². The van der Waals surface area contributed by atoms with E-state index >= 15 is 0 Å². The van der Waals surface area contributed by atoms with Crippen molar-refractivity contribution in [3.63, 3.8) is 0 Å². The largest absolute Gasteiger partial charge is 0.477 e. The van der Waals surface area contributed by atoms with Crippen LogP contribution in [0.4, 0.5) is 0 Å². The summed E-state index contributed by atoms with van der Waals surface area (Å²) in [6.45, 7) is 0. The zero-order valence-electron chi connectivity index (χ0n) is 6.57. The summed E-state index contributed by atoms with van der Waals surface area (Å²) in [6, 6.07) is 7.31. The molecule has 13 heavy (non-hydrogen) atoms. The molecule has 0 aromatic carbocycles. The van der Waals surface area contributed by atoms with Gasteiger partial charge in [-0.15, -0.1) is 0 Å². The van der Waals surface area contributed by atoms with E-state index in [0.717, 1.165) is 5.52 Å². The number of pyridine rings is 1. The molecule has 2 heterocycles. The van der Waals surface area contributed by atoms with Gasteiger partial charge in [-0.2, -0.15) is 0 Å². The Morgan fingerprint density at radius 2 is 2.23 bits per heavy atom. The second-order valence-corrected chi connectivity index (χ2v) is 3.50. The third kappa shape index (κ3) is 1.23. The van der Waals surface area contributed by atoms with E-state index in [0.29, 0.717) is 4.47 Å². The van der Waals surface area contributed by atoms with Crippen molar-refractivity contribution in [1.29, 1.82) is 0 Å². The number of halogens is 1. The van der Waals surface area contributed by atoms with Crippen LogP contribution in [0.5, 0.6) is 0 Å². The number of carboxylic acid groups (broad SMARTS) is 1. The molecule has 0 aliphatic heterocycles. The monoisotopic (exact) mass is 239 g/mol. The second-order valence-electron chi connectivity index (χ2n) is 2.64. The highest BCUT2D eigenvalue weighted by Gasteiger charge is 2.13. The quantitative estimate of drug-likeness (QED) is 0.831. The van der Waals surface area contributed by atoms with Crippen molar-refractivity contribution < 1.29 is 9.90 Å². The summed E-state index contributed by atoms with van der Waals surface area (Å²) in [5.74, 6) is -0.932. The van der Waals surface area contributed by atoms with Gasteiger partial charge in [0.2, 0.25) is 0 Å². The summed E-state index contributed by atoms with van der Waals surface area (Å²) in [7, 11) is 0. The van der Waals surface area contributed by atoms with Gasteiger partial charge in [0, 0.05) is 11.7 Å². The van der Waals surface area contributed by atoms with Gasteiger partial charge >= 0.3 is 5.97 Å². The molecular formula is C9H6BrNO2. The SMILES string of the molecule is O=C(O)c1c(Br)cc2ccccn12. The van der Waals surface area contributed by atoms with E-state index in [9.17, 15) is 4.79 Å². The lowest BCUT2D eigenvalue weighted by atomic mass is 10.4. The highest BCUT2D eigenvalue weighted by atomic mass is 79.9. The van der Waals surface area contributed by atoms with Crippen LogP contribution in [0.1, 0.15) is 10.5 Å². The van der Waals surface area contributed by atoms with Crippen LogP contribution in [-0.2, 0) is 0 Å². The van der Waals surface area contributed by atoms with Gasteiger partial charge in [-0.05, 0) is 34.1 Å². The first-order valence-corrected chi connectivity index (χ1v) is 4.48. The van der Waals surface area contributed by atoms with E-state index in [1.807, 2.05) is 12.1 Å². The van der Waals surface area contributed by atoms with E-state index in [4.69, 9.17) is 5.11 Å². The summed E-state index contributed by atoms with van der Waals surface area (Å²) in [5.41, 5.74) is 1.13. The first-order chi connectivity index (χ1) is 6.20. The molecule has 66 valence electrons. The molecule has 0 radical (unpaired) electrons.